The van der Waals surface area contributed by atoms with Crippen molar-refractivity contribution in [1.82, 2.24) is 0 Å². The van der Waals surface area contributed by atoms with Crippen LogP contribution < -0.4 is 0 Å². The van der Waals surface area contributed by atoms with Crippen LogP contribution in [0.15, 0.2) is 0 Å². The molecule has 0 aliphatic carbocycles. The van der Waals surface area contributed by atoms with E-state index >= 15 is 0 Å². The van der Waals surface area contributed by atoms with E-state index in [4.69, 9.17) is 24.5 Å². The summed E-state index contributed by atoms with van der Waals surface area (Å²) in [6.45, 7) is 2.46. The van der Waals surface area contributed by atoms with E-state index in [0.29, 0.717) is 0.199 Å². The van der Waals surface area contributed by atoms with Crippen LogP contribution in [-0.4, -0.2) is 85.3 Å². The van der Waals surface area contributed by atoms with Crippen molar-refractivity contribution in [3.8, 4) is 0 Å². The molecule has 0 saturated carbocycles. The molecule has 1 heterocycles. The standard InChI is InChI=1S/C4H7O2.CH2O3.K/c1-2-6-4-3-5-1;2-1(3)4;/h1H,2-4H2;(H2,2,3,4);. The molecular formula is C5H9KO5. The van der Waals surface area contributed by atoms with Crippen molar-refractivity contribution in [3.05, 3.63) is 0 Å². The van der Waals surface area contributed by atoms with Gasteiger partial charge in [0.25, 0.3) is 0 Å². The van der Waals surface area contributed by atoms with Gasteiger partial charge in [-0.25, -0.2) is 4.79 Å². The number of rotatable bonds is 0. The first kappa shape index (κ1) is 11.8. The average molecular weight is 188 g/mol. The Morgan fingerprint density at radius 1 is 1.45 bits per heavy atom. The fourth-order valence-electron chi connectivity index (χ4n) is 0.606. The SMILES string of the molecule is O=C(O)O.[K][CH]1COCCO1. The Bertz CT molecular complexity index is 107. The minimum absolute atomic E-state index is 0.501. The van der Waals surface area contributed by atoms with Crippen LogP contribution in [0.5, 0.6) is 0 Å². The van der Waals surface area contributed by atoms with Crippen LogP contribution in [0.4, 0.5) is 4.79 Å². The van der Waals surface area contributed by atoms with Crippen LogP contribution in [0.1, 0.15) is 0 Å². The molecule has 11 heavy (non-hydrogen) atoms. The summed E-state index contributed by atoms with van der Waals surface area (Å²) in [4.78, 5) is 8.56. The van der Waals surface area contributed by atoms with E-state index in [1.807, 2.05) is 0 Å². The molecule has 5 nitrogen and oxygen atoms in total. The fourth-order valence-corrected chi connectivity index (χ4v) is 1.34. The minimum atomic E-state index is -1.83. The van der Waals surface area contributed by atoms with Gasteiger partial charge in [0.15, 0.2) is 0 Å². The van der Waals surface area contributed by atoms with Crippen molar-refractivity contribution in [2.24, 2.45) is 0 Å². The van der Waals surface area contributed by atoms with Gasteiger partial charge in [0.1, 0.15) is 0 Å². The molecule has 1 saturated heterocycles. The maximum atomic E-state index is 8.56. The number of hydrogen-bond acceptors (Lipinski definition) is 3. The van der Waals surface area contributed by atoms with Crippen molar-refractivity contribution in [3.63, 3.8) is 0 Å². The molecule has 0 amide bonds. The number of carboxylic acid groups (broad SMARTS) is 2. The van der Waals surface area contributed by atoms with Crippen LogP contribution in [-0.2, 0) is 9.47 Å². The van der Waals surface area contributed by atoms with Gasteiger partial charge in [-0.2, -0.15) is 0 Å². The summed E-state index contributed by atoms with van der Waals surface area (Å²) in [5.74, 6) is 0. The second-order valence-corrected chi connectivity index (χ2v) is 4.05. The van der Waals surface area contributed by atoms with Crippen LogP contribution in [0.3, 0.4) is 0 Å². The Labute approximate surface area is 98.3 Å². The predicted molar refractivity (Wildman–Crippen MR) is 37.0 cm³/mol. The van der Waals surface area contributed by atoms with Crippen molar-refractivity contribution in [2.75, 3.05) is 19.8 Å². The van der Waals surface area contributed by atoms with Gasteiger partial charge in [-0.05, 0) is 0 Å². The van der Waals surface area contributed by atoms with Gasteiger partial charge in [0.05, 0.1) is 0 Å². The van der Waals surface area contributed by atoms with Crippen molar-refractivity contribution in [1.29, 1.82) is 0 Å². The Kier molecular flexibility index (Phi) is 8.04. The van der Waals surface area contributed by atoms with Crippen LogP contribution in [0, 0.1) is 0 Å². The molecular weight excluding hydrogens is 179 g/mol. The average Bonchev–Trinajstić information content (AvgIpc) is 1.87. The number of hydrogen-bond donors (Lipinski definition) is 2. The molecule has 6 heteroatoms. The molecule has 1 atom stereocenters. The third-order valence-electron chi connectivity index (χ3n) is 0.983. The zero-order valence-corrected chi connectivity index (χ0v) is 9.44. The van der Waals surface area contributed by atoms with E-state index in [9.17, 15) is 0 Å². The van der Waals surface area contributed by atoms with Gasteiger partial charge < -0.3 is 10.2 Å². The molecule has 1 aliphatic heterocycles. The summed E-state index contributed by atoms with van der Waals surface area (Å²) in [5, 5.41) is 13.9. The van der Waals surface area contributed by atoms with E-state index in [-0.39, 0.29) is 0 Å². The van der Waals surface area contributed by atoms with Gasteiger partial charge in [0.2, 0.25) is 0 Å². The van der Waals surface area contributed by atoms with Crippen LogP contribution in [0.25, 0.3) is 0 Å². The van der Waals surface area contributed by atoms with Gasteiger partial charge in [0, 0.05) is 0 Å². The van der Waals surface area contributed by atoms with E-state index in [1.165, 1.54) is 0 Å². The quantitative estimate of drug-likeness (QED) is 0.513. The predicted octanol–water partition coefficient (Wildman–Crippen LogP) is -0.250. The summed E-state index contributed by atoms with van der Waals surface area (Å²) in [5.41, 5.74) is 0. The van der Waals surface area contributed by atoms with Gasteiger partial charge in [-0.3, -0.25) is 0 Å². The third kappa shape index (κ3) is 10.8. The van der Waals surface area contributed by atoms with E-state index in [0.717, 1.165) is 68.8 Å². The van der Waals surface area contributed by atoms with Crippen LogP contribution in [0.2, 0.25) is 0 Å². The van der Waals surface area contributed by atoms with E-state index < -0.39 is 6.16 Å². The second kappa shape index (κ2) is 7.47. The summed E-state index contributed by atoms with van der Waals surface area (Å²) < 4.78 is 10.8. The zero-order chi connectivity index (χ0) is 8.69. The first-order chi connectivity index (χ1) is 5.13. The molecule has 1 fully saturated rings. The zero-order valence-electron chi connectivity index (χ0n) is 6.32. The van der Waals surface area contributed by atoms with Gasteiger partial charge in [-0.1, -0.05) is 0 Å². The molecule has 1 unspecified atom stereocenters. The maximum absolute atomic E-state index is 8.56. The molecule has 1 aliphatic rings. The van der Waals surface area contributed by atoms with Gasteiger partial charge in [-0.15, -0.1) is 0 Å². The topological polar surface area (TPSA) is 76.0 Å². The molecule has 0 spiro atoms. The Morgan fingerprint density at radius 3 is 2.18 bits per heavy atom. The monoisotopic (exact) mass is 188 g/mol. The fraction of sp³-hybridized carbons (Fsp3) is 0.800. The van der Waals surface area contributed by atoms with Gasteiger partial charge >= 0.3 is 84.6 Å². The summed E-state index contributed by atoms with van der Waals surface area (Å²) in [6.07, 6.45) is -1.83. The molecule has 1 rings (SSSR count). The van der Waals surface area contributed by atoms with Crippen molar-refractivity contribution >= 4 is 55.1 Å². The summed E-state index contributed by atoms with van der Waals surface area (Å²) in [6, 6.07) is 0. The third-order valence-corrected chi connectivity index (χ3v) is 2.02. The van der Waals surface area contributed by atoms with E-state index in [2.05, 4.69) is 0 Å². The molecule has 0 radical (unpaired) electrons. The molecule has 0 bridgehead atoms. The first-order valence-electron chi connectivity index (χ1n) is 3.24. The van der Waals surface area contributed by atoms with Crippen LogP contribution >= 0.6 is 0 Å². The first-order valence-corrected chi connectivity index (χ1v) is 5.04. The number of ether oxygens (including phenoxy) is 2. The molecule has 0 aromatic heterocycles. The Hall–Kier alpha value is 0.826. The second-order valence-electron chi connectivity index (χ2n) is 2.04. The van der Waals surface area contributed by atoms with Crippen molar-refractivity contribution < 1.29 is 24.5 Å². The molecule has 2 N–H and O–H groups in total. The molecule has 0 aromatic rings. The Morgan fingerprint density at radius 2 is 2.00 bits per heavy atom. The molecule has 60 valence electrons. The Balaban J connectivity index is 0.000000218. The van der Waals surface area contributed by atoms with E-state index in [1.54, 1.807) is 0 Å². The van der Waals surface area contributed by atoms with Crippen molar-refractivity contribution in [2.45, 2.75) is 0.199 Å². The summed E-state index contributed by atoms with van der Waals surface area (Å²) >= 11 is 0.785. The number of carbonyl (C=O) groups is 1. The molecule has 0 aromatic carbocycles. The normalized spacial score (nSPS) is 23.3. The summed E-state index contributed by atoms with van der Waals surface area (Å²) in [7, 11) is 0.